The van der Waals surface area contributed by atoms with Gasteiger partial charge in [-0.2, -0.15) is 0 Å². The van der Waals surface area contributed by atoms with Gasteiger partial charge in [-0.15, -0.1) is 0 Å². The first-order chi connectivity index (χ1) is 11.6. The highest BCUT2D eigenvalue weighted by atomic mass is 16.7. The van der Waals surface area contributed by atoms with Crippen LogP contribution in [0.1, 0.15) is 15.9 Å². The topological polar surface area (TPSA) is 92.4 Å². The van der Waals surface area contributed by atoms with E-state index < -0.39 is 5.97 Å². The summed E-state index contributed by atoms with van der Waals surface area (Å²) < 4.78 is 15.4. The van der Waals surface area contributed by atoms with Gasteiger partial charge >= 0.3 is 5.97 Å². The summed E-state index contributed by atoms with van der Waals surface area (Å²) in [6.45, 7) is 0. The first-order valence-electron chi connectivity index (χ1n) is 7.01. The molecular weight excluding hydrogens is 312 g/mol. The van der Waals surface area contributed by atoms with Crippen molar-refractivity contribution in [2.75, 3.05) is 21.3 Å². The normalized spacial score (nSPS) is 10.9. The van der Waals surface area contributed by atoms with E-state index in [-0.39, 0.29) is 17.1 Å². The van der Waals surface area contributed by atoms with E-state index in [0.717, 1.165) is 0 Å². The summed E-state index contributed by atoms with van der Waals surface area (Å²) in [5, 5.41) is 3.66. The average Bonchev–Trinajstić information content (AvgIpc) is 2.64. The molecule has 0 bridgehead atoms. The highest BCUT2D eigenvalue weighted by Crippen LogP contribution is 2.31. The Morgan fingerprint density at radius 2 is 1.67 bits per heavy atom. The summed E-state index contributed by atoms with van der Waals surface area (Å²) in [6.07, 6.45) is 0. The quantitative estimate of drug-likeness (QED) is 0.378. The van der Waals surface area contributed by atoms with Crippen LogP contribution < -0.4 is 19.9 Å². The number of carbonyl (C=O) groups excluding carboxylic acids is 1. The Morgan fingerprint density at radius 3 is 2.25 bits per heavy atom. The smallest absolute Gasteiger partial charge is 0.369 e. The summed E-state index contributed by atoms with van der Waals surface area (Å²) in [7, 11) is 4.48. The zero-order valence-electron chi connectivity index (χ0n) is 13.6. The molecule has 0 spiro atoms. The fraction of sp³-hybridized carbons (Fsp3) is 0.176. The number of nitrogens with two attached hydrogens (primary N) is 1. The zero-order valence-corrected chi connectivity index (χ0v) is 13.6. The van der Waals surface area contributed by atoms with Crippen molar-refractivity contribution in [3.05, 3.63) is 53.6 Å². The van der Waals surface area contributed by atoms with Crippen LogP contribution in [0.4, 0.5) is 0 Å². The summed E-state index contributed by atoms with van der Waals surface area (Å²) in [5.41, 5.74) is 6.60. The zero-order chi connectivity index (χ0) is 17.5. The van der Waals surface area contributed by atoms with Crippen LogP contribution in [0.2, 0.25) is 0 Å². The lowest BCUT2D eigenvalue weighted by molar-refractivity contribution is 0.0511. The van der Waals surface area contributed by atoms with Crippen molar-refractivity contribution in [3.63, 3.8) is 0 Å². The van der Waals surface area contributed by atoms with E-state index >= 15 is 0 Å². The maximum absolute atomic E-state index is 12.2. The van der Waals surface area contributed by atoms with Crippen molar-refractivity contribution in [2.24, 2.45) is 10.9 Å². The van der Waals surface area contributed by atoms with Gasteiger partial charge in [-0.05, 0) is 36.4 Å². The van der Waals surface area contributed by atoms with Gasteiger partial charge in [0.25, 0.3) is 0 Å². The molecule has 7 nitrogen and oxygen atoms in total. The summed E-state index contributed by atoms with van der Waals surface area (Å²) in [5.74, 6) is 0.724. The lowest BCUT2D eigenvalue weighted by atomic mass is 10.2. The molecule has 0 saturated carbocycles. The van der Waals surface area contributed by atoms with E-state index in [9.17, 15) is 4.79 Å². The number of amidine groups is 1. The number of hydrogen-bond acceptors (Lipinski definition) is 6. The van der Waals surface area contributed by atoms with Crippen LogP contribution in [-0.2, 0) is 4.84 Å². The first kappa shape index (κ1) is 17.1. The molecule has 126 valence electrons. The van der Waals surface area contributed by atoms with Crippen molar-refractivity contribution in [3.8, 4) is 17.2 Å². The SMILES string of the molecule is COc1ccc(/C(N)=N/OC(=O)c2cccc(OC)c2OC)cc1. The van der Waals surface area contributed by atoms with Gasteiger partial charge in [0.15, 0.2) is 17.3 Å². The van der Waals surface area contributed by atoms with Gasteiger partial charge in [-0.1, -0.05) is 11.2 Å². The molecule has 2 aromatic carbocycles. The molecule has 2 N–H and O–H groups in total. The molecule has 0 amide bonds. The van der Waals surface area contributed by atoms with Gasteiger partial charge in [-0.3, -0.25) is 0 Å². The fourth-order valence-electron chi connectivity index (χ4n) is 2.00. The molecule has 0 fully saturated rings. The van der Waals surface area contributed by atoms with E-state index in [1.54, 1.807) is 49.6 Å². The molecule has 2 aromatic rings. The second-order valence-electron chi connectivity index (χ2n) is 4.62. The molecule has 2 rings (SSSR count). The fourth-order valence-corrected chi connectivity index (χ4v) is 2.00. The first-order valence-corrected chi connectivity index (χ1v) is 7.01. The lowest BCUT2D eigenvalue weighted by Crippen LogP contribution is -2.15. The molecule has 24 heavy (non-hydrogen) atoms. The number of hydrogen-bond donors (Lipinski definition) is 1. The highest BCUT2D eigenvalue weighted by Gasteiger charge is 2.18. The Bertz CT molecular complexity index is 741. The van der Waals surface area contributed by atoms with Crippen molar-refractivity contribution in [2.45, 2.75) is 0 Å². The predicted molar refractivity (Wildman–Crippen MR) is 88.7 cm³/mol. The number of oxime groups is 1. The Kier molecular flexibility index (Phi) is 5.62. The number of para-hydroxylation sites is 1. The third kappa shape index (κ3) is 3.75. The molecule has 0 heterocycles. The van der Waals surface area contributed by atoms with Gasteiger partial charge in [0, 0.05) is 5.56 Å². The van der Waals surface area contributed by atoms with E-state index in [1.165, 1.54) is 14.2 Å². The summed E-state index contributed by atoms with van der Waals surface area (Å²) in [4.78, 5) is 17.1. The Labute approximate surface area is 139 Å². The molecule has 0 saturated heterocycles. The molecule has 0 aromatic heterocycles. The van der Waals surface area contributed by atoms with Gasteiger partial charge in [0.1, 0.15) is 11.3 Å². The van der Waals surface area contributed by atoms with Gasteiger partial charge in [-0.25, -0.2) is 4.79 Å². The maximum atomic E-state index is 12.2. The molecule has 0 aliphatic heterocycles. The molecule has 0 atom stereocenters. The molecule has 0 radical (unpaired) electrons. The average molecular weight is 330 g/mol. The van der Waals surface area contributed by atoms with Crippen LogP contribution in [0.5, 0.6) is 17.2 Å². The van der Waals surface area contributed by atoms with Gasteiger partial charge < -0.3 is 24.8 Å². The van der Waals surface area contributed by atoms with Crippen LogP contribution >= 0.6 is 0 Å². The number of nitrogens with zero attached hydrogens (tertiary/aromatic N) is 1. The second kappa shape index (κ2) is 7.87. The van der Waals surface area contributed by atoms with Crippen LogP contribution in [0.15, 0.2) is 47.6 Å². The number of rotatable bonds is 6. The van der Waals surface area contributed by atoms with E-state index in [1.807, 2.05) is 0 Å². The third-order valence-corrected chi connectivity index (χ3v) is 3.24. The van der Waals surface area contributed by atoms with Crippen molar-refractivity contribution < 1.29 is 23.8 Å². The Morgan fingerprint density at radius 1 is 0.958 bits per heavy atom. The molecule has 0 aliphatic carbocycles. The number of benzene rings is 2. The lowest BCUT2D eigenvalue weighted by Gasteiger charge is -2.10. The largest absolute Gasteiger partial charge is 0.497 e. The highest BCUT2D eigenvalue weighted by molar-refractivity contribution is 5.98. The monoisotopic (exact) mass is 330 g/mol. The van der Waals surface area contributed by atoms with Gasteiger partial charge in [0.2, 0.25) is 0 Å². The minimum Gasteiger partial charge on any atom is -0.497 e. The van der Waals surface area contributed by atoms with Crippen LogP contribution in [-0.4, -0.2) is 33.1 Å². The molecular formula is C17H18N2O5. The summed E-state index contributed by atoms with van der Waals surface area (Å²) in [6, 6.07) is 11.7. The minimum absolute atomic E-state index is 0.0628. The predicted octanol–water partition coefficient (Wildman–Crippen LogP) is 2.19. The second-order valence-corrected chi connectivity index (χ2v) is 4.62. The molecule has 0 unspecified atom stereocenters. The Balaban J connectivity index is 2.17. The minimum atomic E-state index is -0.706. The van der Waals surface area contributed by atoms with E-state index in [2.05, 4.69) is 5.16 Å². The third-order valence-electron chi connectivity index (χ3n) is 3.24. The standard InChI is InChI=1S/C17H18N2O5/c1-21-12-9-7-11(8-10-12)16(18)19-24-17(20)13-5-4-6-14(22-2)15(13)23-3/h4-10H,1-3H3,(H2,18,19). The van der Waals surface area contributed by atoms with E-state index in [0.29, 0.717) is 17.1 Å². The molecule has 0 aliphatic rings. The van der Waals surface area contributed by atoms with Crippen molar-refractivity contribution >= 4 is 11.8 Å². The van der Waals surface area contributed by atoms with Crippen LogP contribution in [0.3, 0.4) is 0 Å². The number of ether oxygens (including phenoxy) is 3. The van der Waals surface area contributed by atoms with Crippen LogP contribution in [0, 0.1) is 0 Å². The van der Waals surface area contributed by atoms with Crippen LogP contribution in [0.25, 0.3) is 0 Å². The summed E-state index contributed by atoms with van der Waals surface area (Å²) >= 11 is 0. The van der Waals surface area contributed by atoms with Crippen molar-refractivity contribution in [1.29, 1.82) is 0 Å². The van der Waals surface area contributed by atoms with Crippen molar-refractivity contribution in [1.82, 2.24) is 0 Å². The maximum Gasteiger partial charge on any atom is 0.369 e. The molecule has 7 heteroatoms. The Hall–Kier alpha value is -3.22. The number of methoxy groups -OCH3 is 3. The van der Waals surface area contributed by atoms with Gasteiger partial charge in [0.05, 0.1) is 21.3 Å². The number of carbonyl (C=O) groups is 1. The van der Waals surface area contributed by atoms with E-state index in [4.69, 9.17) is 24.8 Å².